The molecule has 2 amide bonds. The molecule has 0 saturated carbocycles. The second-order valence-electron chi connectivity index (χ2n) is 6.15. The van der Waals surface area contributed by atoms with Crippen LogP contribution >= 0.6 is 0 Å². The predicted molar refractivity (Wildman–Crippen MR) is 85.9 cm³/mol. The predicted octanol–water partition coefficient (Wildman–Crippen LogP) is -0.493. The fourth-order valence-electron chi connectivity index (χ4n) is 2.44. The third kappa shape index (κ3) is 3.85. The summed E-state index contributed by atoms with van der Waals surface area (Å²) in [5.74, 6) is -0.0166. The molecule has 0 unspecified atom stereocenters. The van der Waals surface area contributed by atoms with E-state index < -0.39 is 11.9 Å². The minimum atomic E-state index is -0.517. The van der Waals surface area contributed by atoms with Crippen LogP contribution in [0.1, 0.15) is 30.9 Å². The summed E-state index contributed by atoms with van der Waals surface area (Å²) < 4.78 is 0. The van der Waals surface area contributed by atoms with E-state index in [0.29, 0.717) is 25.5 Å². The molecule has 23 heavy (non-hydrogen) atoms. The Bertz CT molecular complexity index is 603. The van der Waals surface area contributed by atoms with Crippen molar-refractivity contribution >= 4 is 23.7 Å². The highest BCUT2D eigenvalue weighted by atomic mass is 16.2. The van der Waals surface area contributed by atoms with Crippen LogP contribution < -0.4 is 16.0 Å². The molecule has 2 rings (SSSR count). The molecule has 1 aliphatic heterocycles. The van der Waals surface area contributed by atoms with Crippen LogP contribution in [-0.2, 0) is 4.79 Å². The number of aromatic nitrogens is 3. The molecular formula is C14H23N7O2. The lowest BCUT2D eigenvalue weighted by Gasteiger charge is -2.35. The minimum absolute atomic E-state index is 0.0195. The zero-order valence-corrected chi connectivity index (χ0v) is 13.9. The fraction of sp³-hybridized carbons (Fsp3) is 0.643. The summed E-state index contributed by atoms with van der Waals surface area (Å²) in [6.45, 7) is 4.86. The second-order valence-corrected chi connectivity index (χ2v) is 6.15. The molecule has 2 heterocycles. The summed E-state index contributed by atoms with van der Waals surface area (Å²) in [4.78, 5) is 40.1. The number of nitrogens with zero attached hydrogens (tertiary/aromatic N) is 5. The van der Waals surface area contributed by atoms with Crippen molar-refractivity contribution in [1.29, 1.82) is 0 Å². The first kappa shape index (κ1) is 16.9. The van der Waals surface area contributed by atoms with Gasteiger partial charge in [-0.05, 0) is 12.3 Å². The minimum Gasteiger partial charge on any atom is -0.368 e. The van der Waals surface area contributed by atoms with Gasteiger partial charge in [0.05, 0.1) is 0 Å². The highest BCUT2D eigenvalue weighted by Crippen LogP contribution is 2.17. The maximum atomic E-state index is 12.8. The summed E-state index contributed by atoms with van der Waals surface area (Å²) in [6, 6.07) is -0.517. The number of nitrogens with two attached hydrogens (primary N) is 1. The van der Waals surface area contributed by atoms with Gasteiger partial charge >= 0.3 is 0 Å². The molecule has 0 bridgehead atoms. The molecule has 3 N–H and O–H groups in total. The van der Waals surface area contributed by atoms with E-state index in [2.05, 4.69) is 20.3 Å². The first-order valence-electron chi connectivity index (χ1n) is 7.57. The molecule has 0 aliphatic carbocycles. The third-order valence-electron chi connectivity index (χ3n) is 3.52. The Labute approximate surface area is 135 Å². The maximum absolute atomic E-state index is 12.8. The molecule has 0 aromatic carbocycles. The molecule has 0 radical (unpaired) electrons. The number of rotatable bonds is 4. The van der Waals surface area contributed by atoms with Crippen molar-refractivity contribution in [1.82, 2.24) is 25.2 Å². The number of hydrogen-bond acceptors (Lipinski definition) is 7. The largest absolute Gasteiger partial charge is 0.368 e. The average molecular weight is 321 g/mol. The van der Waals surface area contributed by atoms with Crippen LogP contribution in [0.4, 0.5) is 11.9 Å². The van der Waals surface area contributed by atoms with E-state index in [-0.39, 0.29) is 23.6 Å². The van der Waals surface area contributed by atoms with E-state index in [4.69, 9.17) is 5.73 Å². The van der Waals surface area contributed by atoms with Crippen molar-refractivity contribution in [2.75, 3.05) is 37.8 Å². The smallest absolute Gasteiger partial charge is 0.292 e. The van der Waals surface area contributed by atoms with Crippen LogP contribution in [0.25, 0.3) is 0 Å². The second kappa shape index (κ2) is 6.76. The van der Waals surface area contributed by atoms with Gasteiger partial charge in [-0.2, -0.15) is 15.0 Å². The fourth-order valence-corrected chi connectivity index (χ4v) is 2.44. The van der Waals surface area contributed by atoms with Crippen molar-refractivity contribution in [3.63, 3.8) is 0 Å². The number of nitrogen functional groups attached to an aromatic ring is 1. The van der Waals surface area contributed by atoms with Crippen molar-refractivity contribution in [2.45, 2.75) is 26.3 Å². The lowest BCUT2D eigenvalue weighted by molar-refractivity contribution is -0.128. The van der Waals surface area contributed by atoms with E-state index in [1.807, 2.05) is 13.8 Å². The number of nitrogens with one attached hydrogen (secondary N) is 1. The Morgan fingerprint density at radius 2 is 2.09 bits per heavy atom. The molecular weight excluding hydrogens is 298 g/mol. The number of carbonyl (C=O) groups excluding carboxylic acids is 2. The van der Waals surface area contributed by atoms with Gasteiger partial charge in [-0.3, -0.25) is 9.59 Å². The van der Waals surface area contributed by atoms with Crippen LogP contribution in [0.2, 0.25) is 0 Å². The Hall–Kier alpha value is -2.45. The van der Waals surface area contributed by atoms with Crippen molar-refractivity contribution < 1.29 is 9.59 Å². The van der Waals surface area contributed by atoms with Gasteiger partial charge in [0.2, 0.25) is 23.6 Å². The van der Waals surface area contributed by atoms with E-state index >= 15 is 0 Å². The van der Waals surface area contributed by atoms with Crippen LogP contribution in [0.5, 0.6) is 0 Å². The van der Waals surface area contributed by atoms with Crippen molar-refractivity contribution in [3.05, 3.63) is 5.82 Å². The molecule has 9 heteroatoms. The van der Waals surface area contributed by atoms with Gasteiger partial charge in [0, 0.05) is 27.2 Å². The zero-order chi connectivity index (χ0) is 17.1. The van der Waals surface area contributed by atoms with Gasteiger partial charge in [0.15, 0.2) is 0 Å². The average Bonchev–Trinajstić information content (AvgIpc) is 2.47. The molecule has 1 aromatic rings. The quantitative estimate of drug-likeness (QED) is 0.768. The highest BCUT2D eigenvalue weighted by Gasteiger charge is 2.35. The van der Waals surface area contributed by atoms with Crippen molar-refractivity contribution in [3.8, 4) is 0 Å². The molecule has 1 fully saturated rings. The number of hydrogen-bond donors (Lipinski definition) is 2. The third-order valence-corrected chi connectivity index (χ3v) is 3.52. The first-order chi connectivity index (χ1) is 10.8. The number of anilines is 2. The van der Waals surface area contributed by atoms with Gasteiger partial charge in [-0.25, -0.2) is 0 Å². The Morgan fingerprint density at radius 1 is 1.39 bits per heavy atom. The molecule has 1 aliphatic rings. The summed E-state index contributed by atoms with van der Waals surface area (Å²) in [5.41, 5.74) is 5.67. The lowest BCUT2D eigenvalue weighted by Crippen LogP contribution is -2.57. The van der Waals surface area contributed by atoms with Crippen LogP contribution in [0.15, 0.2) is 0 Å². The Balaban J connectivity index is 2.31. The molecule has 126 valence electrons. The van der Waals surface area contributed by atoms with Gasteiger partial charge in [0.25, 0.3) is 5.91 Å². The van der Waals surface area contributed by atoms with E-state index in [9.17, 15) is 9.59 Å². The monoisotopic (exact) mass is 321 g/mol. The Kier molecular flexibility index (Phi) is 4.97. The van der Waals surface area contributed by atoms with Crippen LogP contribution in [0, 0.1) is 5.92 Å². The zero-order valence-electron chi connectivity index (χ0n) is 13.9. The summed E-state index contributed by atoms with van der Waals surface area (Å²) in [6.07, 6.45) is 0.582. The Morgan fingerprint density at radius 3 is 2.70 bits per heavy atom. The van der Waals surface area contributed by atoms with E-state index in [0.717, 1.165) is 0 Å². The van der Waals surface area contributed by atoms with Crippen molar-refractivity contribution in [2.24, 2.45) is 5.92 Å². The summed E-state index contributed by atoms with van der Waals surface area (Å²) >= 11 is 0. The lowest BCUT2D eigenvalue weighted by atomic mass is 10.00. The van der Waals surface area contributed by atoms with Crippen LogP contribution in [0.3, 0.4) is 0 Å². The van der Waals surface area contributed by atoms with Gasteiger partial charge < -0.3 is 20.9 Å². The highest BCUT2D eigenvalue weighted by molar-refractivity contribution is 5.96. The summed E-state index contributed by atoms with van der Waals surface area (Å²) in [5, 5.41) is 2.80. The normalized spacial score (nSPS) is 18.0. The van der Waals surface area contributed by atoms with Gasteiger partial charge in [-0.1, -0.05) is 13.8 Å². The SMILES string of the molecule is CC(C)C[C@H]1C(=O)NCCN1C(=O)c1nc(N)nc(N(C)C)n1. The van der Waals surface area contributed by atoms with Gasteiger partial charge in [0.1, 0.15) is 6.04 Å². The topological polar surface area (TPSA) is 117 Å². The summed E-state index contributed by atoms with van der Waals surface area (Å²) in [7, 11) is 3.50. The van der Waals surface area contributed by atoms with E-state index in [1.54, 1.807) is 19.0 Å². The number of amides is 2. The number of piperazine rings is 1. The molecule has 9 nitrogen and oxygen atoms in total. The van der Waals surface area contributed by atoms with E-state index in [1.165, 1.54) is 4.90 Å². The van der Waals surface area contributed by atoms with Crippen LogP contribution in [-0.4, -0.2) is 64.9 Å². The molecule has 1 atom stereocenters. The van der Waals surface area contributed by atoms with Gasteiger partial charge in [-0.15, -0.1) is 0 Å². The number of carbonyl (C=O) groups is 2. The molecule has 1 aromatic heterocycles. The maximum Gasteiger partial charge on any atom is 0.292 e. The molecule has 1 saturated heterocycles. The first-order valence-corrected chi connectivity index (χ1v) is 7.57. The molecule has 0 spiro atoms. The standard InChI is InChI=1S/C14H23N7O2/c1-8(2)7-9-11(22)16-5-6-21(9)12(23)10-17-13(15)19-14(18-10)20(3)4/h8-9H,5-7H2,1-4H3,(H,16,22)(H2,15,17,18,19)/t9-/m0/s1.